The highest BCUT2D eigenvalue weighted by atomic mass is 32.2. The molecule has 3 N–H and O–H groups in total. The number of pyridine rings is 1. The first-order valence-electron chi connectivity index (χ1n) is 4.85. The van der Waals surface area contributed by atoms with Crippen molar-refractivity contribution < 1.29 is 14.9 Å². The summed E-state index contributed by atoms with van der Waals surface area (Å²) in [6.07, 6.45) is 0. The highest BCUT2D eigenvalue weighted by Crippen LogP contribution is 2.22. The number of thioether (sulfide) groups is 1. The van der Waals surface area contributed by atoms with Gasteiger partial charge in [-0.3, -0.25) is 10.1 Å². The molecule has 0 bridgehead atoms. The van der Waals surface area contributed by atoms with Crippen LogP contribution in [0.25, 0.3) is 0 Å². The Morgan fingerprint density at radius 1 is 1.72 bits per heavy atom. The van der Waals surface area contributed by atoms with Crippen molar-refractivity contribution in [2.24, 2.45) is 10.9 Å². The van der Waals surface area contributed by atoms with Crippen molar-refractivity contribution in [1.82, 2.24) is 4.98 Å². The van der Waals surface area contributed by atoms with Crippen molar-refractivity contribution in [2.45, 2.75) is 5.03 Å². The second-order valence-corrected chi connectivity index (χ2v) is 4.22. The SMILES string of the molecule is COCCSc1ccc([N+](=O)[O-])c(/C(N)=N/O)n1. The van der Waals surface area contributed by atoms with E-state index in [0.29, 0.717) is 17.4 Å². The fraction of sp³-hybridized carbons (Fsp3) is 0.333. The van der Waals surface area contributed by atoms with Gasteiger partial charge in [0.25, 0.3) is 5.69 Å². The lowest BCUT2D eigenvalue weighted by molar-refractivity contribution is -0.385. The summed E-state index contributed by atoms with van der Waals surface area (Å²) < 4.78 is 4.88. The molecule has 8 nitrogen and oxygen atoms in total. The molecule has 0 amide bonds. The number of rotatable bonds is 6. The number of nitrogens with two attached hydrogens (primary N) is 1. The lowest BCUT2D eigenvalue weighted by Crippen LogP contribution is -2.17. The number of nitrogens with zero attached hydrogens (tertiary/aromatic N) is 3. The van der Waals surface area contributed by atoms with Crippen LogP contribution in [-0.2, 0) is 4.74 Å². The maximum Gasteiger partial charge on any atom is 0.298 e. The molecule has 18 heavy (non-hydrogen) atoms. The molecule has 98 valence electrons. The summed E-state index contributed by atoms with van der Waals surface area (Å²) in [6, 6.07) is 2.78. The van der Waals surface area contributed by atoms with E-state index in [1.807, 2.05) is 0 Å². The Kier molecular flexibility index (Phi) is 5.33. The minimum atomic E-state index is -0.635. The number of hydrogen-bond acceptors (Lipinski definition) is 7. The lowest BCUT2D eigenvalue weighted by Gasteiger charge is -2.04. The smallest absolute Gasteiger partial charge is 0.298 e. The predicted octanol–water partition coefficient (Wildman–Crippen LogP) is 0.823. The lowest BCUT2D eigenvalue weighted by atomic mass is 10.3. The molecule has 0 radical (unpaired) electrons. The molecular weight excluding hydrogens is 260 g/mol. The second-order valence-electron chi connectivity index (χ2n) is 3.10. The first kappa shape index (κ1) is 14.2. The average Bonchev–Trinajstić information content (AvgIpc) is 2.37. The summed E-state index contributed by atoms with van der Waals surface area (Å²) in [5.74, 6) is 0.257. The van der Waals surface area contributed by atoms with Crippen molar-refractivity contribution in [3.63, 3.8) is 0 Å². The quantitative estimate of drug-likeness (QED) is 0.149. The van der Waals surface area contributed by atoms with Gasteiger partial charge in [-0.05, 0) is 6.07 Å². The van der Waals surface area contributed by atoms with Crippen molar-refractivity contribution in [3.05, 3.63) is 27.9 Å². The van der Waals surface area contributed by atoms with Crippen molar-refractivity contribution in [3.8, 4) is 0 Å². The van der Waals surface area contributed by atoms with Gasteiger partial charge < -0.3 is 15.7 Å². The Labute approximate surface area is 107 Å². The molecule has 1 rings (SSSR count). The Bertz CT molecular complexity index is 466. The van der Waals surface area contributed by atoms with Crippen molar-refractivity contribution in [2.75, 3.05) is 19.5 Å². The largest absolute Gasteiger partial charge is 0.409 e. The van der Waals surface area contributed by atoms with Gasteiger partial charge in [0.2, 0.25) is 0 Å². The van der Waals surface area contributed by atoms with Gasteiger partial charge in [0.15, 0.2) is 11.5 Å². The maximum atomic E-state index is 10.8. The standard InChI is InChI=1S/C9H12N4O4S/c1-17-4-5-18-7-3-2-6(13(15)16)8(11-7)9(10)12-14/h2-3,14H,4-5H2,1H3,(H2,10,12). The van der Waals surface area contributed by atoms with Crippen molar-refractivity contribution >= 4 is 23.3 Å². The zero-order valence-corrected chi connectivity index (χ0v) is 10.4. The Morgan fingerprint density at radius 3 is 3.00 bits per heavy atom. The monoisotopic (exact) mass is 272 g/mol. The van der Waals surface area contributed by atoms with Crippen LogP contribution in [0, 0.1) is 10.1 Å². The number of hydrogen-bond donors (Lipinski definition) is 2. The minimum Gasteiger partial charge on any atom is -0.409 e. The number of amidine groups is 1. The summed E-state index contributed by atoms with van der Waals surface area (Å²) in [7, 11) is 1.58. The highest BCUT2D eigenvalue weighted by molar-refractivity contribution is 7.99. The molecule has 0 fully saturated rings. The van der Waals surface area contributed by atoms with Gasteiger partial charge in [-0.2, -0.15) is 0 Å². The van der Waals surface area contributed by atoms with Crippen LogP contribution in [-0.4, -0.2) is 40.4 Å². The Balaban J connectivity index is 3.02. The van der Waals surface area contributed by atoms with E-state index in [1.54, 1.807) is 7.11 Å². The van der Waals surface area contributed by atoms with E-state index in [-0.39, 0.29) is 11.4 Å². The Morgan fingerprint density at radius 2 is 2.44 bits per heavy atom. The molecule has 0 aromatic carbocycles. The first-order valence-corrected chi connectivity index (χ1v) is 5.83. The van der Waals surface area contributed by atoms with Gasteiger partial charge in [-0.25, -0.2) is 4.98 Å². The summed E-state index contributed by atoms with van der Waals surface area (Å²) in [6.45, 7) is 0.530. The highest BCUT2D eigenvalue weighted by Gasteiger charge is 2.19. The number of aromatic nitrogens is 1. The summed E-state index contributed by atoms with van der Waals surface area (Å²) in [5.41, 5.74) is 4.90. The number of nitro groups is 1. The van der Waals surface area contributed by atoms with Crippen LogP contribution in [0.1, 0.15) is 5.69 Å². The van der Waals surface area contributed by atoms with Crippen molar-refractivity contribution in [1.29, 1.82) is 0 Å². The number of oxime groups is 1. The van der Waals surface area contributed by atoms with E-state index in [1.165, 1.54) is 23.9 Å². The molecule has 0 spiro atoms. The third-order valence-electron chi connectivity index (χ3n) is 1.93. The van der Waals surface area contributed by atoms with Crippen LogP contribution in [0.5, 0.6) is 0 Å². The van der Waals surface area contributed by atoms with Gasteiger partial charge in [-0.1, -0.05) is 5.16 Å². The second kappa shape index (κ2) is 6.77. The topological polar surface area (TPSA) is 124 Å². The summed E-state index contributed by atoms with van der Waals surface area (Å²) >= 11 is 1.36. The van der Waals surface area contributed by atoms with Gasteiger partial charge in [0.05, 0.1) is 16.6 Å². The molecule has 9 heteroatoms. The maximum absolute atomic E-state index is 10.8. The molecule has 0 aliphatic carbocycles. The zero-order chi connectivity index (χ0) is 13.5. The normalized spacial score (nSPS) is 11.5. The van der Waals surface area contributed by atoms with Crippen LogP contribution in [0.15, 0.2) is 22.3 Å². The number of methoxy groups -OCH3 is 1. The van der Waals surface area contributed by atoms with Crippen LogP contribution in [0.4, 0.5) is 5.69 Å². The van der Waals surface area contributed by atoms with E-state index in [0.717, 1.165) is 0 Å². The molecular formula is C9H12N4O4S. The summed E-state index contributed by atoms with van der Waals surface area (Å²) in [4.78, 5) is 14.1. The van der Waals surface area contributed by atoms with Gasteiger partial charge in [0.1, 0.15) is 0 Å². The van der Waals surface area contributed by atoms with E-state index >= 15 is 0 Å². The van der Waals surface area contributed by atoms with E-state index in [9.17, 15) is 10.1 Å². The molecule has 1 aromatic rings. The molecule has 1 heterocycles. The van der Waals surface area contributed by atoms with Crippen LogP contribution in [0.3, 0.4) is 0 Å². The average molecular weight is 272 g/mol. The summed E-state index contributed by atoms with van der Waals surface area (Å²) in [5, 5.41) is 22.6. The first-order chi connectivity index (χ1) is 8.60. The molecule has 0 unspecified atom stereocenters. The molecule has 0 aliphatic rings. The third-order valence-corrected chi connectivity index (χ3v) is 2.83. The molecule has 0 saturated heterocycles. The van der Waals surface area contributed by atoms with E-state index < -0.39 is 10.8 Å². The molecule has 1 aromatic heterocycles. The molecule has 0 saturated carbocycles. The van der Waals surface area contributed by atoms with E-state index in [2.05, 4.69) is 10.1 Å². The van der Waals surface area contributed by atoms with Crippen LogP contribution < -0.4 is 5.73 Å². The third kappa shape index (κ3) is 3.57. The molecule has 0 atom stereocenters. The van der Waals surface area contributed by atoms with Gasteiger partial charge in [0, 0.05) is 18.9 Å². The molecule has 0 aliphatic heterocycles. The van der Waals surface area contributed by atoms with E-state index in [4.69, 9.17) is 15.7 Å². The fourth-order valence-electron chi connectivity index (χ4n) is 1.13. The fourth-order valence-corrected chi connectivity index (χ4v) is 1.91. The minimum absolute atomic E-state index is 0.148. The van der Waals surface area contributed by atoms with Gasteiger partial charge in [-0.15, -0.1) is 11.8 Å². The van der Waals surface area contributed by atoms with Crippen LogP contribution >= 0.6 is 11.8 Å². The predicted molar refractivity (Wildman–Crippen MR) is 66.0 cm³/mol. The van der Waals surface area contributed by atoms with Gasteiger partial charge >= 0.3 is 0 Å². The number of ether oxygens (including phenoxy) is 1. The zero-order valence-electron chi connectivity index (χ0n) is 9.57. The Hall–Kier alpha value is -1.87. The van der Waals surface area contributed by atoms with Crippen LogP contribution in [0.2, 0.25) is 0 Å².